The fourth-order valence-electron chi connectivity index (χ4n) is 3.64. The first kappa shape index (κ1) is 12.4. The molecule has 5 atom stereocenters. The van der Waals surface area contributed by atoms with Crippen LogP contribution in [0.1, 0.15) is 58.8 Å². The molecule has 2 nitrogen and oxygen atoms in total. The van der Waals surface area contributed by atoms with Crippen molar-refractivity contribution >= 4 is 0 Å². The first-order chi connectivity index (χ1) is 7.72. The molecule has 0 aromatic rings. The van der Waals surface area contributed by atoms with Gasteiger partial charge < -0.3 is 10.4 Å². The van der Waals surface area contributed by atoms with Gasteiger partial charge in [-0.15, -0.1) is 0 Å². The summed E-state index contributed by atoms with van der Waals surface area (Å²) >= 11 is 0. The van der Waals surface area contributed by atoms with Gasteiger partial charge in [0.2, 0.25) is 0 Å². The van der Waals surface area contributed by atoms with E-state index in [0.29, 0.717) is 12.1 Å². The molecule has 5 unspecified atom stereocenters. The Hall–Kier alpha value is -0.0800. The van der Waals surface area contributed by atoms with E-state index in [9.17, 15) is 5.11 Å². The molecule has 16 heavy (non-hydrogen) atoms. The first-order valence-corrected chi connectivity index (χ1v) is 7.16. The van der Waals surface area contributed by atoms with Gasteiger partial charge in [-0.2, -0.15) is 0 Å². The lowest BCUT2D eigenvalue weighted by atomic mass is 9.89. The Morgan fingerprint density at radius 3 is 2.44 bits per heavy atom. The smallest absolute Gasteiger partial charge is 0.0693 e. The van der Waals surface area contributed by atoms with Crippen LogP contribution in [0, 0.1) is 11.8 Å². The van der Waals surface area contributed by atoms with Crippen LogP contribution in [0.25, 0.3) is 0 Å². The summed E-state index contributed by atoms with van der Waals surface area (Å²) in [5, 5.41) is 13.7. The maximum atomic E-state index is 9.98. The van der Waals surface area contributed by atoms with E-state index >= 15 is 0 Å². The van der Waals surface area contributed by atoms with Crippen molar-refractivity contribution in [3.8, 4) is 0 Å². The molecule has 0 saturated heterocycles. The lowest BCUT2D eigenvalue weighted by Gasteiger charge is -2.33. The van der Waals surface area contributed by atoms with Gasteiger partial charge in [-0.3, -0.25) is 0 Å². The highest BCUT2D eigenvalue weighted by atomic mass is 16.3. The summed E-state index contributed by atoms with van der Waals surface area (Å²) in [5.41, 5.74) is 0. The molecule has 0 spiro atoms. The number of aliphatic hydroxyl groups excluding tert-OH is 1. The maximum Gasteiger partial charge on any atom is 0.0693 e. The number of hydrogen-bond acceptors (Lipinski definition) is 2. The van der Waals surface area contributed by atoms with Crippen LogP contribution < -0.4 is 5.32 Å². The highest BCUT2D eigenvalue weighted by Gasteiger charge is 2.34. The average Bonchev–Trinajstić information content (AvgIpc) is 2.63. The highest BCUT2D eigenvalue weighted by Crippen LogP contribution is 2.34. The summed E-state index contributed by atoms with van der Waals surface area (Å²) in [6.45, 7) is 4.69. The zero-order valence-corrected chi connectivity index (χ0v) is 10.8. The third-order valence-electron chi connectivity index (χ3n) is 4.91. The summed E-state index contributed by atoms with van der Waals surface area (Å²) in [6.07, 6.45) is 8.55. The minimum absolute atomic E-state index is 0.0957. The molecule has 0 radical (unpaired) electrons. The van der Waals surface area contributed by atoms with Crippen LogP contribution in [-0.4, -0.2) is 23.3 Å². The van der Waals surface area contributed by atoms with Gasteiger partial charge in [-0.05, 0) is 37.5 Å². The second-order valence-corrected chi connectivity index (χ2v) is 5.84. The van der Waals surface area contributed by atoms with Gasteiger partial charge >= 0.3 is 0 Å². The minimum atomic E-state index is -0.0957. The van der Waals surface area contributed by atoms with E-state index < -0.39 is 0 Å². The van der Waals surface area contributed by atoms with Crippen molar-refractivity contribution in [1.29, 1.82) is 0 Å². The monoisotopic (exact) mass is 225 g/mol. The SMILES string of the molecule is CCC1CCC(NC2CCCCC2O)C1C. The molecule has 0 bridgehead atoms. The number of aliphatic hydroxyl groups is 1. The summed E-state index contributed by atoms with van der Waals surface area (Å²) in [6, 6.07) is 1.03. The fourth-order valence-corrected chi connectivity index (χ4v) is 3.64. The maximum absolute atomic E-state index is 9.98. The van der Waals surface area contributed by atoms with Crippen molar-refractivity contribution in [2.24, 2.45) is 11.8 Å². The molecular formula is C14H27NO. The largest absolute Gasteiger partial charge is 0.392 e. The van der Waals surface area contributed by atoms with Crippen molar-refractivity contribution in [3.63, 3.8) is 0 Å². The van der Waals surface area contributed by atoms with Gasteiger partial charge in [0.25, 0.3) is 0 Å². The van der Waals surface area contributed by atoms with Crippen LogP contribution in [0.2, 0.25) is 0 Å². The molecule has 2 rings (SSSR count). The Bertz CT molecular complexity index is 219. The van der Waals surface area contributed by atoms with E-state index in [4.69, 9.17) is 0 Å². The molecule has 2 aliphatic rings. The second-order valence-electron chi connectivity index (χ2n) is 5.84. The van der Waals surface area contributed by atoms with Gasteiger partial charge in [0.05, 0.1) is 6.10 Å². The van der Waals surface area contributed by atoms with Crippen LogP contribution in [0.3, 0.4) is 0 Å². The Balaban J connectivity index is 1.85. The van der Waals surface area contributed by atoms with E-state index in [1.807, 2.05) is 0 Å². The van der Waals surface area contributed by atoms with Crippen molar-refractivity contribution in [2.75, 3.05) is 0 Å². The van der Waals surface area contributed by atoms with Gasteiger partial charge in [0, 0.05) is 12.1 Å². The van der Waals surface area contributed by atoms with E-state index in [0.717, 1.165) is 18.3 Å². The molecule has 0 aromatic carbocycles. The van der Waals surface area contributed by atoms with Crippen LogP contribution in [0.15, 0.2) is 0 Å². The van der Waals surface area contributed by atoms with Crippen molar-refractivity contribution in [3.05, 3.63) is 0 Å². The molecule has 2 saturated carbocycles. The average molecular weight is 225 g/mol. The molecule has 2 heteroatoms. The van der Waals surface area contributed by atoms with Gasteiger partial charge in [0.1, 0.15) is 0 Å². The highest BCUT2D eigenvalue weighted by molar-refractivity contribution is 4.91. The van der Waals surface area contributed by atoms with E-state index in [1.54, 1.807) is 0 Å². The van der Waals surface area contributed by atoms with Crippen molar-refractivity contribution < 1.29 is 5.11 Å². The number of nitrogens with one attached hydrogen (secondary N) is 1. The number of rotatable bonds is 3. The Labute approximate surface area is 99.8 Å². The normalized spacial score (nSPS) is 44.8. The topological polar surface area (TPSA) is 32.3 Å². The Morgan fingerprint density at radius 2 is 1.81 bits per heavy atom. The lowest BCUT2D eigenvalue weighted by molar-refractivity contribution is 0.0812. The minimum Gasteiger partial charge on any atom is -0.392 e. The standard InChI is InChI=1S/C14H27NO/c1-3-11-8-9-12(10(11)2)15-13-6-4-5-7-14(13)16/h10-16H,3-9H2,1-2H3. The third-order valence-corrected chi connectivity index (χ3v) is 4.91. The van der Waals surface area contributed by atoms with Crippen LogP contribution in [-0.2, 0) is 0 Å². The third kappa shape index (κ3) is 2.60. The second kappa shape index (κ2) is 5.50. The lowest BCUT2D eigenvalue weighted by Crippen LogP contribution is -2.48. The predicted molar refractivity (Wildman–Crippen MR) is 67.4 cm³/mol. The Morgan fingerprint density at radius 1 is 1.06 bits per heavy atom. The summed E-state index contributed by atoms with van der Waals surface area (Å²) in [5.74, 6) is 1.69. The molecule has 2 N–H and O–H groups in total. The van der Waals surface area contributed by atoms with Gasteiger partial charge in [-0.25, -0.2) is 0 Å². The molecule has 0 aliphatic heterocycles. The molecule has 0 aromatic heterocycles. The summed E-state index contributed by atoms with van der Waals surface area (Å²) in [7, 11) is 0. The predicted octanol–water partition coefficient (Wildman–Crippen LogP) is 2.70. The quantitative estimate of drug-likeness (QED) is 0.774. The van der Waals surface area contributed by atoms with Crippen LogP contribution >= 0.6 is 0 Å². The van der Waals surface area contributed by atoms with Crippen molar-refractivity contribution in [2.45, 2.75) is 77.0 Å². The van der Waals surface area contributed by atoms with Crippen molar-refractivity contribution in [1.82, 2.24) is 5.32 Å². The zero-order chi connectivity index (χ0) is 11.5. The fraction of sp³-hybridized carbons (Fsp3) is 1.00. The van der Waals surface area contributed by atoms with Gasteiger partial charge in [0.15, 0.2) is 0 Å². The van der Waals surface area contributed by atoms with Crippen LogP contribution in [0.5, 0.6) is 0 Å². The molecule has 2 aliphatic carbocycles. The van der Waals surface area contributed by atoms with E-state index in [-0.39, 0.29) is 6.10 Å². The van der Waals surface area contributed by atoms with Gasteiger partial charge in [-0.1, -0.05) is 33.1 Å². The Kier molecular flexibility index (Phi) is 4.26. The zero-order valence-electron chi connectivity index (χ0n) is 10.8. The molecule has 0 amide bonds. The molecular weight excluding hydrogens is 198 g/mol. The number of hydrogen-bond donors (Lipinski definition) is 2. The summed E-state index contributed by atoms with van der Waals surface area (Å²) < 4.78 is 0. The molecule has 0 heterocycles. The summed E-state index contributed by atoms with van der Waals surface area (Å²) in [4.78, 5) is 0. The molecule has 2 fully saturated rings. The molecule has 94 valence electrons. The van der Waals surface area contributed by atoms with E-state index in [2.05, 4.69) is 19.2 Å². The van der Waals surface area contributed by atoms with Crippen LogP contribution in [0.4, 0.5) is 0 Å². The first-order valence-electron chi connectivity index (χ1n) is 7.16. The van der Waals surface area contributed by atoms with E-state index in [1.165, 1.54) is 38.5 Å².